The number of aromatic nitrogens is 1. The number of nitrogens with one attached hydrogen (secondary N) is 1. The fourth-order valence-electron chi connectivity index (χ4n) is 3.07. The Balaban J connectivity index is 1.66. The molecule has 5 heteroatoms. The molecule has 2 aliphatic rings. The second-order valence-electron chi connectivity index (χ2n) is 5.18. The number of nitrogens with zero attached hydrogens (tertiary/aromatic N) is 2. The van der Waals surface area contributed by atoms with Crippen LogP contribution in [0, 0.1) is 0 Å². The largest absolute Gasteiger partial charge is 0.366 e. The Morgan fingerprint density at radius 1 is 1.39 bits per heavy atom. The van der Waals surface area contributed by atoms with Gasteiger partial charge in [0, 0.05) is 24.8 Å². The van der Waals surface area contributed by atoms with Gasteiger partial charge >= 0.3 is 0 Å². The van der Waals surface area contributed by atoms with E-state index in [1.165, 1.54) is 38.8 Å². The molecule has 3 nitrogen and oxygen atoms in total. The van der Waals surface area contributed by atoms with E-state index in [9.17, 15) is 0 Å². The summed E-state index contributed by atoms with van der Waals surface area (Å²) in [6.45, 7) is 2.51. The van der Waals surface area contributed by atoms with E-state index in [1.54, 1.807) is 6.20 Å². The van der Waals surface area contributed by atoms with Gasteiger partial charge in [-0.15, -0.1) is 0 Å². The van der Waals surface area contributed by atoms with Crippen molar-refractivity contribution in [2.45, 2.75) is 37.8 Å². The number of fused-ring (bicyclic) bond motifs is 1. The summed E-state index contributed by atoms with van der Waals surface area (Å²) in [6.07, 6.45) is 6.84. The van der Waals surface area contributed by atoms with Crippen molar-refractivity contribution in [2.75, 3.05) is 18.4 Å². The zero-order chi connectivity index (χ0) is 12.5. The van der Waals surface area contributed by atoms with Crippen LogP contribution in [0.1, 0.15) is 25.7 Å². The lowest BCUT2D eigenvalue weighted by molar-refractivity contribution is 0.188. The normalized spacial score (nSPS) is 28.1. The highest BCUT2D eigenvalue weighted by molar-refractivity contribution is 9.10. The van der Waals surface area contributed by atoms with Crippen LogP contribution >= 0.6 is 27.5 Å². The van der Waals surface area contributed by atoms with Gasteiger partial charge in [0.05, 0.1) is 9.50 Å². The van der Waals surface area contributed by atoms with Crippen molar-refractivity contribution in [3.05, 3.63) is 21.8 Å². The number of hydrogen-bond donors (Lipinski definition) is 1. The lowest BCUT2D eigenvalue weighted by atomic mass is 9.97. The molecule has 0 aromatic carbocycles. The minimum Gasteiger partial charge on any atom is -0.366 e. The van der Waals surface area contributed by atoms with Crippen molar-refractivity contribution in [2.24, 2.45) is 0 Å². The van der Waals surface area contributed by atoms with Crippen LogP contribution in [0.15, 0.2) is 16.7 Å². The molecule has 2 saturated heterocycles. The number of hydrogen-bond acceptors (Lipinski definition) is 3. The van der Waals surface area contributed by atoms with E-state index < -0.39 is 0 Å². The van der Waals surface area contributed by atoms with Gasteiger partial charge in [-0.2, -0.15) is 0 Å². The summed E-state index contributed by atoms with van der Waals surface area (Å²) in [5.74, 6) is 0.913. The van der Waals surface area contributed by atoms with Gasteiger partial charge in [-0.1, -0.05) is 11.6 Å². The van der Waals surface area contributed by atoms with Gasteiger partial charge in [0.1, 0.15) is 5.82 Å². The molecular formula is C13H17BrClN3. The maximum Gasteiger partial charge on any atom is 0.140 e. The van der Waals surface area contributed by atoms with E-state index in [4.69, 9.17) is 11.6 Å². The molecule has 2 fully saturated rings. The second-order valence-corrected chi connectivity index (χ2v) is 6.47. The summed E-state index contributed by atoms with van der Waals surface area (Å²) >= 11 is 9.42. The van der Waals surface area contributed by atoms with Crippen LogP contribution in [0.4, 0.5) is 5.82 Å². The van der Waals surface area contributed by atoms with E-state index >= 15 is 0 Å². The molecule has 2 atom stereocenters. The first kappa shape index (κ1) is 12.7. The van der Waals surface area contributed by atoms with Crippen molar-refractivity contribution in [3.8, 4) is 0 Å². The molecule has 1 aromatic rings. The summed E-state index contributed by atoms with van der Waals surface area (Å²) in [5.41, 5.74) is 0. The standard InChI is InChI=1S/C13H17BrClN3/c14-12-6-9(15)8-16-13(12)17-10-3-5-18-4-1-2-11(18)7-10/h6,8,10-11H,1-5,7H2,(H,16,17). The molecule has 2 unspecified atom stereocenters. The molecule has 3 heterocycles. The van der Waals surface area contributed by atoms with Gasteiger partial charge in [0.15, 0.2) is 0 Å². The molecular weight excluding hydrogens is 314 g/mol. The quantitative estimate of drug-likeness (QED) is 0.899. The molecule has 3 rings (SSSR count). The average molecular weight is 331 g/mol. The topological polar surface area (TPSA) is 28.2 Å². The molecule has 0 radical (unpaired) electrons. The summed E-state index contributed by atoms with van der Waals surface area (Å²) in [6, 6.07) is 3.21. The van der Waals surface area contributed by atoms with Crippen molar-refractivity contribution in [3.63, 3.8) is 0 Å². The maximum absolute atomic E-state index is 5.91. The molecule has 0 saturated carbocycles. The Hall–Kier alpha value is -0.320. The van der Waals surface area contributed by atoms with Gasteiger partial charge in [-0.3, -0.25) is 0 Å². The predicted molar refractivity (Wildman–Crippen MR) is 78.2 cm³/mol. The number of piperidine rings is 1. The smallest absolute Gasteiger partial charge is 0.140 e. The Morgan fingerprint density at radius 3 is 3.11 bits per heavy atom. The van der Waals surface area contributed by atoms with E-state index in [0.717, 1.165) is 16.3 Å². The van der Waals surface area contributed by atoms with Crippen molar-refractivity contribution in [1.82, 2.24) is 9.88 Å². The average Bonchev–Trinajstić information content (AvgIpc) is 2.80. The number of anilines is 1. The van der Waals surface area contributed by atoms with Crippen LogP contribution in [0.2, 0.25) is 5.02 Å². The third-order valence-corrected chi connectivity index (χ3v) is 4.78. The molecule has 1 N–H and O–H groups in total. The highest BCUT2D eigenvalue weighted by Crippen LogP contribution is 2.30. The first-order valence-corrected chi connectivity index (χ1v) is 7.71. The van der Waals surface area contributed by atoms with Crippen molar-refractivity contribution in [1.29, 1.82) is 0 Å². The number of pyridine rings is 1. The van der Waals surface area contributed by atoms with Gasteiger partial charge < -0.3 is 10.2 Å². The van der Waals surface area contributed by atoms with Gasteiger partial charge in [0.25, 0.3) is 0 Å². The monoisotopic (exact) mass is 329 g/mol. The molecule has 0 amide bonds. The van der Waals surface area contributed by atoms with Crippen molar-refractivity contribution < 1.29 is 0 Å². The van der Waals surface area contributed by atoms with Crippen LogP contribution in [0.25, 0.3) is 0 Å². The number of rotatable bonds is 2. The first-order chi connectivity index (χ1) is 8.72. The fourth-order valence-corrected chi connectivity index (χ4v) is 3.82. The van der Waals surface area contributed by atoms with Gasteiger partial charge in [0.2, 0.25) is 0 Å². The lowest BCUT2D eigenvalue weighted by Gasteiger charge is -2.35. The van der Waals surface area contributed by atoms with Crippen LogP contribution < -0.4 is 5.32 Å². The zero-order valence-corrected chi connectivity index (χ0v) is 12.5. The lowest BCUT2D eigenvalue weighted by Crippen LogP contribution is -2.42. The molecule has 98 valence electrons. The molecule has 1 aromatic heterocycles. The van der Waals surface area contributed by atoms with E-state index in [1.807, 2.05) is 6.07 Å². The van der Waals surface area contributed by atoms with Gasteiger partial charge in [-0.05, 0) is 54.2 Å². The third-order valence-electron chi connectivity index (χ3n) is 3.97. The second kappa shape index (κ2) is 5.35. The van der Waals surface area contributed by atoms with Crippen LogP contribution in [0.5, 0.6) is 0 Å². The summed E-state index contributed by atoms with van der Waals surface area (Å²) in [5, 5.41) is 4.21. The molecule has 0 spiro atoms. The summed E-state index contributed by atoms with van der Waals surface area (Å²) in [4.78, 5) is 6.98. The maximum atomic E-state index is 5.91. The zero-order valence-electron chi connectivity index (χ0n) is 10.2. The molecule has 18 heavy (non-hydrogen) atoms. The Labute approximate surface area is 121 Å². The minimum absolute atomic E-state index is 0.536. The van der Waals surface area contributed by atoms with Gasteiger partial charge in [-0.25, -0.2) is 4.98 Å². The molecule has 2 aliphatic heterocycles. The Bertz CT molecular complexity index is 440. The number of halogens is 2. The summed E-state index contributed by atoms with van der Waals surface area (Å²) in [7, 11) is 0. The highest BCUT2D eigenvalue weighted by atomic mass is 79.9. The van der Waals surface area contributed by atoms with E-state index in [2.05, 4.69) is 31.1 Å². The van der Waals surface area contributed by atoms with Crippen LogP contribution in [0.3, 0.4) is 0 Å². The fraction of sp³-hybridized carbons (Fsp3) is 0.615. The summed E-state index contributed by atoms with van der Waals surface area (Å²) < 4.78 is 0.948. The molecule has 0 aliphatic carbocycles. The Kier molecular flexibility index (Phi) is 3.78. The first-order valence-electron chi connectivity index (χ1n) is 6.54. The Morgan fingerprint density at radius 2 is 2.28 bits per heavy atom. The predicted octanol–water partition coefficient (Wildman–Crippen LogP) is 3.54. The third kappa shape index (κ3) is 2.65. The highest BCUT2D eigenvalue weighted by Gasteiger charge is 2.31. The SMILES string of the molecule is Clc1cnc(NC2CCN3CCCC3C2)c(Br)c1. The minimum atomic E-state index is 0.536. The van der Waals surface area contributed by atoms with Crippen LogP contribution in [-0.2, 0) is 0 Å². The van der Waals surface area contributed by atoms with E-state index in [0.29, 0.717) is 11.1 Å². The molecule has 0 bridgehead atoms. The van der Waals surface area contributed by atoms with Crippen LogP contribution in [-0.4, -0.2) is 35.1 Å². The van der Waals surface area contributed by atoms with Crippen molar-refractivity contribution >= 4 is 33.3 Å². The van der Waals surface area contributed by atoms with E-state index in [-0.39, 0.29) is 0 Å².